The van der Waals surface area contributed by atoms with E-state index in [0.29, 0.717) is 12.0 Å². The Kier molecular flexibility index (Phi) is 2.82. The average Bonchev–Trinajstić information content (AvgIpc) is 2.95. The van der Waals surface area contributed by atoms with Crippen molar-refractivity contribution in [1.82, 2.24) is 15.5 Å². The Morgan fingerprint density at radius 3 is 3.00 bits per heavy atom. The number of nitrogens with zero attached hydrogens (tertiary/aromatic N) is 2. The normalized spacial score (nSPS) is 18.4. The number of hydrogen-bond donors (Lipinski definition) is 1. The van der Waals surface area contributed by atoms with Crippen molar-refractivity contribution in [2.24, 2.45) is 0 Å². The molecule has 1 fully saturated rings. The summed E-state index contributed by atoms with van der Waals surface area (Å²) in [5.74, 6) is 2.29. The van der Waals surface area contributed by atoms with Crippen LogP contribution in [0.5, 0.6) is 0 Å². The smallest absolute Gasteiger partial charge is 0.226 e. The summed E-state index contributed by atoms with van der Waals surface area (Å²) < 4.78 is 5.17. The minimum absolute atomic E-state index is 0.506. The van der Waals surface area contributed by atoms with Crippen LogP contribution in [0.2, 0.25) is 0 Å². The van der Waals surface area contributed by atoms with Gasteiger partial charge in [0.15, 0.2) is 5.82 Å². The number of rotatable bonds is 5. The van der Waals surface area contributed by atoms with Gasteiger partial charge in [-0.15, -0.1) is 0 Å². The van der Waals surface area contributed by atoms with Crippen LogP contribution in [0.3, 0.4) is 0 Å². The van der Waals surface area contributed by atoms with Gasteiger partial charge in [0.05, 0.1) is 0 Å². The van der Waals surface area contributed by atoms with Crippen molar-refractivity contribution < 1.29 is 4.52 Å². The molecule has 1 saturated carbocycles. The molecule has 4 heteroatoms. The Hall–Kier alpha value is -0.900. The number of aryl methyl sites for hydroxylation is 1. The first-order valence-electron chi connectivity index (χ1n) is 5.29. The summed E-state index contributed by atoms with van der Waals surface area (Å²) >= 11 is 0. The molecule has 0 amide bonds. The highest BCUT2D eigenvalue weighted by Gasteiger charge is 2.28. The standard InChI is InChI=1S/C10H17N3O/c1-7(11-2)3-6-9-12-10(13-14-9)8-4-5-8/h7-8,11H,3-6H2,1-2H3. The molecular weight excluding hydrogens is 178 g/mol. The van der Waals surface area contributed by atoms with E-state index in [1.165, 1.54) is 12.8 Å². The Balaban J connectivity index is 1.83. The first-order chi connectivity index (χ1) is 6.79. The maximum Gasteiger partial charge on any atom is 0.226 e. The highest BCUT2D eigenvalue weighted by Crippen LogP contribution is 2.38. The molecule has 0 aromatic carbocycles. The van der Waals surface area contributed by atoms with Gasteiger partial charge in [-0.2, -0.15) is 4.98 Å². The van der Waals surface area contributed by atoms with E-state index in [4.69, 9.17) is 4.52 Å². The number of nitrogens with one attached hydrogen (secondary N) is 1. The molecule has 1 heterocycles. The zero-order chi connectivity index (χ0) is 9.97. The van der Waals surface area contributed by atoms with Crippen LogP contribution < -0.4 is 5.32 Å². The van der Waals surface area contributed by atoms with Crippen molar-refractivity contribution in [3.05, 3.63) is 11.7 Å². The molecule has 0 spiro atoms. The van der Waals surface area contributed by atoms with Gasteiger partial charge in [-0.05, 0) is 33.2 Å². The van der Waals surface area contributed by atoms with Gasteiger partial charge in [-0.3, -0.25) is 0 Å². The Morgan fingerprint density at radius 1 is 1.57 bits per heavy atom. The van der Waals surface area contributed by atoms with E-state index in [-0.39, 0.29) is 0 Å². The third kappa shape index (κ3) is 2.32. The summed E-state index contributed by atoms with van der Waals surface area (Å²) in [6.45, 7) is 2.15. The quantitative estimate of drug-likeness (QED) is 0.773. The molecule has 2 rings (SSSR count). The summed E-state index contributed by atoms with van der Waals surface area (Å²) in [5.41, 5.74) is 0. The van der Waals surface area contributed by atoms with Gasteiger partial charge < -0.3 is 9.84 Å². The van der Waals surface area contributed by atoms with Crippen molar-refractivity contribution in [3.8, 4) is 0 Å². The molecule has 1 aliphatic carbocycles. The lowest BCUT2D eigenvalue weighted by Gasteiger charge is -2.06. The lowest BCUT2D eigenvalue weighted by molar-refractivity contribution is 0.364. The Bertz CT molecular complexity index is 293. The average molecular weight is 195 g/mol. The fourth-order valence-corrected chi connectivity index (χ4v) is 1.36. The summed E-state index contributed by atoms with van der Waals surface area (Å²) in [5, 5.41) is 7.16. The fourth-order valence-electron chi connectivity index (χ4n) is 1.36. The van der Waals surface area contributed by atoms with E-state index in [1.807, 2.05) is 7.05 Å². The van der Waals surface area contributed by atoms with Gasteiger partial charge in [0.1, 0.15) is 0 Å². The monoisotopic (exact) mass is 195 g/mol. The number of aromatic nitrogens is 2. The first kappa shape index (κ1) is 9.65. The van der Waals surface area contributed by atoms with Crippen molar-refractivity contribution in [3.63, 3.8) is 0 Å². The predicted molar refractivity (Wildman–Crippen MR) is 53.1 cm³/mol. The lowest BCUT2D eigenvalue weighted by atomic mass is 10.2. The van der Waals surface area contributed by atoms with Crippen molar-refractivity contribution in [2.45, 2.75) is 44.6 Å². The maximum absolute atomic E-state index is 5.17. The molecule has 1 N–H and O–H groups in total. The zero-order valence-electron chi connectivity index (χ0n) is 8.79. The van der Waals surface area contributed by atoms with Crippen LogP contribution in [0.15, 0.2) is 4.52 Å². The van der Waals surface area contributed by atoms with Crippen LogP contribution in [-0.4, -0.2) is 23.2 Å². The number of hydrogen-bond acceptors (Lipinski definition) is 4. The van der Waals surface area contributed by atoms with Gasteiger partial charge in [-0.25, -0.2) is 0 Å². The van der Waals surface area contributed by atoms with E-state index >= 15 is 0 Å². The van der Waals surface area contributed by atoms with E-state index in [0.717, 1.165) is 24.6 Å². The van der Waals surface area contributed by atoms with E-state index in [9.17, 15) is 0 Å². The molecular formula is C10H17N3O. The first-order valence-corrected chi connectivity index (χ1v) is 5.29. The van der Waals surface area contributed by atoms with Gasteiger partial charge >= 0.3 is 0 Å². The fraction of sp³-hybridized carbons (Fsp3) is 0.800. The molecule has 78 valence electrons. The van der Waals surface area contributed by atoms with Crippen LogP contribution in [0.4, 0.5) is 0 Å². The molecule has 0 saturated heterocycles. The lowest BCUT2D eigenvalue weighted by Crippen LogP contribution is -2.21. The van der Waals surface area contributed by atoms with Crippen molar-refractivity contribution in [2.75, 3.05) is 7.05 Å². The van der Waals surface area contributed by atoms with Crippen molar-refractivity contribution in [1.29, 1.82) is 0 Å². The zero-order valence-corrected chi connectivity index (χ0v) is 8.79. The molecule has 4 nitrogen and oxygen atoms in total. The summed E-state index contributed by atoms with van der Waals surface area (Å²) in [7, 11) is 1.97. The maximum atomic E-state index is 5.17. The molecule has 14 heavy (non-hydrogen) atoms. The largest absolute Gasteiger partial charge is 0.339 e. The highest BCUT2D eigenvalue weighted by atomic mass is 16.5. The molecule has 1 aliphatic rings. The van der Waals surface area contributed by atoms with Gasteiger partial charge in [-0.1, -0.05) is 5.16 Å². The second-order valence-corrected chi connectivity index (χ2v) is 4.05. The van der Waals surface area contributed by atoms with Crippen LogP contribution in [-0.2, 0) is 6.42 Å². The van der Waals surface area contributed by atoms with E-state index in [1.54, 1.807) is 0 Å². The third-order valence-corrected chi connectivity index (χ3v) is 2.71. The molecule has 1 aromatic heterocycles. The molecule has 1 unspecified atom stereocenters. The second-order valence-electron chi connectivity index (χ2n) is 4.05. The van der Waals surface area contributed by atoms with Crippen molar-refractivity contribution >= 4 is 0 Å². The van der Waals surface area contributed by atoms with Crippen LogP contribution >= 0.6 is 0 Å². The highest BCUT2D eigenvalue weighted by molar-refractivity contribution is 5.03. The molecule has 0 bridgehead atoms. The van der Waals surface area contributed by atoms with Gasteiger partial charge in [0.25, 0.3) is 0 Å². The molecule has 1 aromatic rings. The van der Waals surface area contributed by atoms with Crippen LogP contribution in [0, 0.1) is 0 Å². The summed E-state index contributed by atoms with van der Waals surface area (Å²) in [6.07, 6.45) is 4.38. The third-order valence-electron chi connectivity index (χ3n) is 2.71. The predicted octanol–water partition coefficient (Wildman–Crippen LogP) is 1.49. The van der Waals surface area contributed by atoms with Gasteiger partial charge in [0.2, 0.25) is 5.89 Å². The minimum Gasteiger partial charge on any atom is -0.339 e. The van der Waals surface area contributed by atoms with Crippen LogP contribution in [0.25, 0.3) is 0 Å². The Morgan fingerprint density at radius 2 is 2.36 bits per heavy atom. The minimum atomic E-state index is 0.506. The molecule has 0 aliphatic heterocycles. The second kappa shape index (κ2) is 4.09. The SMILES string of the molecule is CNC(C)CCc1nc(C2CC2)no1. The van der Waals surface area contributed by atoms with Crippen LogP contribution in [0.1, 0.15) is 43.8 Å². The molecule has 1 atom stereocenters. The van der Waals surface area contributed by atoms with E-state index in [2.05, 4.69) is 22.4 Å². The molecule has 0 radical (unpaired) electrons. The summed E-state index contributed by atoms with van der Waals surface area (Å²) in [6, 6.07) is 0.506. The summed E-state index contributed by atoms with van der Waals surface area (Å²) in [4.78, 5) is 4.37. The van der Waals surface area contributed by atoms with Gasteiger partial charge in [0, 0.05) is 18.4 Å². The topological polar surface area (TPSA) is 51.0 Å². The Labute approximate surface area is 84.1 Å². The van der Waals surface area contributed by atoms with E-state index < -0.39 is 0 Å².